The van der Waals surface area contributed by atoms with E-state index in [1.807, 2.05) is 0 Å². The topological polar surface area (TPSA) is 69.9 Å². The standard InChI is InChI=1S/C9H18O4/c1-9(2)8(12)4-3-6(11)7(5-10)13-9/h6-8,10-12H,3-5H2,1-2H3/t6-,7+,8+/m0/s1. The number of hydrogen-bond donors (Lipinski definition) is 3. The molecule has 3 N–H and O–H groups in total. The van der Waals surface area contributed by atoms with Crippen LogP contribution in [0, 0.1) is 0 Å². The molecule has 0 unspecified atom stereocenters. The molecule has 0 aromatic heterocycles. The van der Waals surface area contributed by atoms with Gasteiger partial charge in [0.25, 0.3) is 0 Å². The summed E-state index contributed by atoms with van der Waals surface area (Å²) in [6.45, 7) is 3.31. The molecule has 4 nitrogen and oxygen atoms in total. The lowest BCUT2D eigenvalue weighted by Gasteiger charge is -2.31. The first-order valence-corrected chi connectivity index (χ1v) is 4.62. The number of aliphatic hydroxyl groups is 3. The Bertz CT molecular complexity index is 169. The zero-order chi connectivity index (χ0) is 10.1. The molecule has 0 bridgehead atoms. The van der Waals surface area contributed by atoms with Crippen LogP contribution in [0.5, 0.6) is 0 Å². The van der Waals surface area contributed by atoms with Crippen LogP contribution in [0.2, 0.25) is 0 Å². The van der Waals surface area contributed by atoms with E-state index in [9.17, 15) is 10.2 Å². The maximum absolute atomic E-state index is 9.63. The predicted octanol–water partition coefficient (Wildman–Crippen LogP) is -0.342. The fourth-order valence-corrected chi connectivity index (χ4v) is 1.57. The van der Waals surface area contributed by atoms with E-state index in [-0.39, 0.29) is 6.61 Å². The Hall–Kier alpha value is -0.160. The number of aliphatic hydroxyl groups excluding tert-OH is 3. The summed E-state index contributed by atoms with van der Waals surface area (Å²) in [5.41, 5.74) is -0.690. The van der Waals surface area contributed by atoms with Gasteiger partial charge in [0.05, 0.1) is 24.4 Å². The van der Waals surface area contributed by atoms with E-state index in [1.165, 1.54) is 0 Å². The summed E-state index contributed by atoms with van der Waals surface area (Å²) in [5, 5.41) is 28.1. The lowest BCUT2D eigenvalue weighted by atomic mass is 9.98. The molecule has 78 valence electrons. The highest BCUT2D eigenvalue weighted by Gasteiger charge is 2.37. The molecule has 0 spiro atoms. The van der Waals surface area contributed by atoms with Gasteiger partial charge in [-0.25, -0.2) is 0 Å². The Labute approximate surface area is 78.1 Å². The van der Waals surface area contributed by atoms with Crippen LogP contribution in [-0.2, 0) is 4.74 Å². The zero-order valence-corrected chi connectivity index (χ0v) is 8.10. The Morgan fingerprint density at radius 3 is 2.46 bits per heavy atom. The molecule has 0 aromatic carbocycles. The fraction of sp³-hybridized carbons (Fsp3) is 1.00. The van der Waals surface area contributed by atoms with Crippen molar-refractivity contribution < 1.29 is 20.1 Å². The van der Waals surface area contributed by atoms with Gasteiger partial charge in [-0.2, -0.15) is 0 Å². The van der Waals surface area contributed by atoms with Crippen LogP contribution in [0.15, 0.2) is 0 Å². The Kier molecular flexibility index (Phi) is 3.29. The Balaban J connectivity index is 2.70. The maximum Gasteiger partial charge on any atom is 0.107 e. The monoisotopic (exact) mass is 190 g/mol. The van der Waals surface area contributed by atoms with Gasteiger partial charge in [-0.15, -0.1) is 0 Å². The quantitative estimate of drug-likeness (QED) is 0.529. The average molecular weight is 190 g/mol. The van der Waals surface area contributed by atoms with Crippen molar-refractivity contribution in [2.75, 3.05) is 6.61 Å². The molecule has 13 heavy (non-hydrogen) atoms. The van der Waals surface area contributed by atoms with Crippen LogP contribution in [0.3, 0.4) is 0 Å². The number of ether oxygens (including phenoxy) is 1. The molecular weight excluding hydrogens is 172 g/mol. The van der Waals surface area contributed by atoms with Crippen LogP contribution < -0.4 is 0 Å². The van der Waals surface area contributed by atoms with Gasteiger partial charge in [-0.1, -0.05) is 0 Å². The number of rotatable bonds is 1. The molecule has 0 aromatic rings. The van der Waals surface area contributed by atoms with Crippen molar-refractivity contribution in [3.05, 3.63) is 0 Å². The van der Waals surface area contributed by atoms with Crippen LogP contribution in [0.25, 0.3) is 0 Å². The van der Waals surface area contributed by atoms with Crippen molar-refractivity contribution in [3.63, 3.8) is 0 Å². The third-order valence-electron chi connectivity index (χ3n) is 2.60. The third-order valence-corrected chi connectivity index (χ3v) is 2.60. The molecule has 0 radical (unpaired) electrons. The van der Waals surface area contributed by atoms with Crippen LogP contribution >= 0.6 is 0 Å². The highest BCUT2D eigenvalue weighted by molar-refractivity contribution is 4.87. The van der Waals surface area contributed by atoms with E-state index in [0.29, 0.717) is 12.8 Å². The van der Waals surface area contributed by atoms with Crippen LogP contribution in [0.4, 0.5) is 0 Å². The molecular formula is C9H18O4. The summed E-state index contributed by atoms with van der Waals surface area (Å²) in [6.07, 6.45) is -0.868. The molecule has 1 saturated heterocycles. The maximum atomic E-state index is 9.63. The van der Waals surface area contributed by atoms with E-state index >= 15 is 0 Å². The molecule has 1 aliphatic rings. The van der Waals surface area contributed by atoms with Crippen molar-refractivity contribution in [1.29, 1.82) is 0 Å². The first-order chi connectivity index (χ1) is 5.97. The lowest BCUT2D eigenvalue weighted by molar-refractivity contribution is -0.155. The summed E-state index contributed by atoms with van der Waals surface area (Å²) < 4.78 is 5.42. The second-order valence-electron chi connectivity index (χ2n) is 4.10. The molecule has 1 aliphatic heterocycles. The third kappa shape index (κ3) is 2.40. The second kappa shape index (κ2) is 3.92. The summed E-state index contributed by atoms with van der Waals surface area (Å²) in [6, 6.07) is 0. The Morgan fingerprint density at radius 1 is 1.31 bits per heavy atom. The minimum absolute atomic E-state index is 0.211. The van der Waals surface area contributed by atoms with E-state index in [0.717, 1.165) is 0 Å². The molecule has 0 amide bonds. The van der Waals surface area contributed by atoms with Crippen molar-refractivity contribution >= 4 is 0 Å². The first kappa shape index (κ1) is 10.9. The fourth-order valence-electron chi connectivity index (χ4n) is 1.57. The van der Waals surface area contributed by atoms with Crippen molar-refractivity contribution in [1.82, 2.24) is 0 Å². The summed E-state index contributed by atoms with van der Waals surface area (Å²) >= 11 is 0. The molecule has 0 aliphatic carbocycles. The van der Waals surface area contributed by atoms with E-state index in [2.05, 4.69) is 0 Å². The highest BCUT2D eigenvalue weighted by Crippen LogP contribution is 2.27. The Morgan fingerprint density at radius 2 is 1.92 bits per heavy atom. The van der Waals surface area contributed by atoms with Crippen LogP contribution in [-0.4, -0.2) is 45.8 Å². The second-order valence-corrected chi connectivity index (χ2v) is 4.10. The molecule has 1 heterocycles. The summed E-state index contributed by atoms with van der Waals surface area (Å²) in [4.78, 5) is 0. The van der Waals surface area contributed by atoms with Crippen molar-refractivity contribution in [3.8, 4) is 0 Å². The smallest absolute Gasteiger partial charge is 0.107 e. The van der Waals surface area contributed by atoms with Gasteiger partial charge in [0.2, 0.25) is 0 Å². The average Bonchev–Trinajstić information content (AvgIpc) is 2.16. The molecule has 1 fully saturated rings. The normalized spacial score (nSPS) is 39.9. The molecule has 3 atom stereocenters. The minimum atomic E-state index is -0.690. The van der Waals surface area contributed by atoms with Crippen LogP contribution in [0.1, 0.15) is 26.7 Å². The highest BCUT2D eigenvalue weighted by atomic mass is 16.5. The van der Waals surface area contributed by atoms with Gasteiger partial charge < -0.3 is 20.1 Å². The predicted molar refractivity (Wildman–Crippen MR) is 47.3 cm³/mol. The molecule has 1 rings (SSSR count). The van der Waals surface area contributed by atoms with Gasteiger partial charge in [0.1, 0.15) is 6.10 Å². The van der Waals surface area contributed by atoms with Gasteiger partial charge in [0, 0.05) is 0 Å². The summed E-state index contributed by atoms with van der Waals surface area (Å²) in [5.74, 6) is 0. The van der Waals surface area contributed by atoms with Crippen molar-refractivity contribution in [2.45, 2.75) is 50.6 Å². The number of hydrogen-bond acceptors (Lipinski definition) is 4. The SMILES string of the molecule is CC1(C)O[C@H](CO)[C@@H](O)CC[C@H]1O. The van der Waals surface area contributed by atoms with E-state index in [1.54, 1.807) is 13.8 Å². The van der Waals surface area contributed by atoms with E-state index in [4.69, 9.17) is 9.84 Å². The minimum Gasteiger partial charge on any atom is -0.394 e. The largest absolute Gasteiger partial charge is 0.394 e. The van der Waals surface area contributed by atoms with Gasteiger partial charge in [-0.05, 0) is 26.7 Å². The zero-order valence-electron chi connectivity index (χ0n) is 8.10. The van der Waals surface area contributed by atoms with Gasteiger partial charge in [-0.3, -0.25) is 0 Å². The van der Waals surface area contributed by atoms with Crippen molar-refractivity contribution in [2.24, 2.45) is 0 Å². The molecule has 0 saturated carbocycles. The first-order valence-electron chi connectivity index (χ1n) is 4.62. The van der Waals surface area contributed by atoms with Gasteiger partial charge >= 0.3 is 0 Å². The van der Waals surface area contributed by atoms with Gasteiger partial charge in [0.15, 0.2) is 0 Å². The van der Waals surface area contributed by atoms with E-state index < -0.39 is 23.9 Å². The lowest BCUT2D eigenvalue weighted by Crippen LogP contribution is -2.42. The summed E-state index contributed by atoms with van der Waals surface area (Å²) in [7, 11) is 0. The molecule has 4 heteroatoms.